The number of rotatable bonds is 2. The van der Waals surface area contributed by atoms with Crippen LogP contribution in [-0.4, -0.2) is 38.8 Å². The lowest BCUT2D eigenvalue weighted by Crippen LogP contribution is -2.46. The van der Waals surface area contributed by atoms with Crippen LogP contribution in [0.4, 0.5) is 11.4 Å². The summed E-state index contributed by atoms with van der Waals surface area (Å²) >= 11 is 0. The largest absolute Gasteiger partial charge is 0.368 e. The van der Waals surface area contributed by atoms with Gasteiger partial charge in [-0.2, -0.15) is 9.61 Å². The van der Waals surface area contributed by atoms with Crippen LogP contribution in [-0.2, 0) is 16.6 Å². The molecule has 0 radical (unpaired) electrons. The van der Waals surface area contributed by atoms with Crippen LogP contribution >= 0.6 is 0 Å². The van der Waals surface area contributed by atoms with Crippen molar-refractivity contribution in [3.63, 3.8) is 0 Å². The zero-order chi connectivity index (χ0) is 17.7. The number of benzene rings is 1. The third-order valence-electron chi connectivity index (χ3n) is 5.74. The SMILES string of the molecule is CCc1cc(N2CCC3(CC2)C(=O)Nc2ccccc23)c2nncn2n1. The number of aryl methyl sites for hydroxylation is 1. The fraction of sp³-hybridized carbons (Fsp3) is 0.368. The minimum absolute atomic E-state index is 0.134. The van der Waals surface area contributed by atoms with Crippen LogP contribution in [0.15, 0.2) is 36.7 Å². The van der Waals surface area contributed by atoms with E-state index in [2.05, 4.69) is 44.6 Å². The minimum atomic E-state index is -0.405. The van der Waals surface area contributed by atoms with Gasteiger partial charge in [-0.1, -0.05) is 25.1 Å². The highest BCUT2D eigenvalue weighted by molar-refractivity contribution is 6.06. The Labute approximate surface area is 151 Å². The maximum Gasteiger partial charge on any atom is 0.235 e. The summed E-state index contributed by atoms with van der Waals surface area (Å²) in [5.74, 6) is 0.134. The van der Waals surface area contributed by atoms with E-state index in [0.717, 1.165) is 60.6 Å². The van der Waals surface area contributed by atoms with E-state index in [9.17, 15) is 4.79 Å². The Morgan fingerprint density at radius 3 is 2.85 bits per heavy atom. The smallest absolute Gasteiger partial charge is 0.235 e. The zero-order valence-corrected chi connectivity index (χ0v) is 14.6. The van der Waals surface area contributed by atoms with Gasteiger partial charge in [0.25, 0.3) is 0 Å². The highest BCUT2D eigenvalue weighted by Crippen LogP contribution is 2.45. The number of para-hydroxylation sites is 1. The highest BCUT2D eigenvalue weighted by Gasteiger charge is 2.48. The van der Waals surface area contributed by atoms with Crippen molar-refractivity contribution in [3.8, 4) is 0 Å². The first-order chi connectivity index (χ1) is 12.7. The van der Waals surface area contributed by atoms with Crippen LogP contribution in [0.1, 0.15) is 31.0 Å². The molecule has 4 heterocycles. The zero-order valence-electron chi connectivity index (χ0n) is 14.6. The van der Waals surface area contributed by atoms with Gasteiger partial charge in [0.2, 0.25) is 11.6 Å². The molecule has 1 fully saturated rings. The van der Waals surface area contributed by atoms with E-state index >= 15 is 0 Å². The average Bonchev–Trinajstić information content (AvgIpc) is 3.25. The van der Waals surface area contributed by atoms with Crippen LogP contribution in [0.5, 0.6) is 0 Å². The molecule has 1 N–H and O–H groups in total. The summed E-state index contributed by atoms with van der Waals surface area (Å²) < 4.78 is 1.75. The molecule has 2 aliphatic heterocycles. The number of amides is 1. The third kappa shape index (κ3) is 2.06. The topological polar surface area (TPSA) is 75.4 Å². The molecule has 26 heavy (non-hydrogen) atoms. The molecule has 7 heteroatoms. The van der Waals surface area contributed by atoms with Gasteiger partial charge in [0.15, 0.2) is 0 Å². The normalized spacial score (nSPS) is 18.3. The first-order valence-corrected chi connectivity index (χ1v) is 9.07. The maximum absolute atomic E-state index is 12.8. The van der Waals surface area contributed by atoms with E-state index in [1.54, 1.807) is 10.8 Å². The van der Waals surface area contributed by atoms with E-state index in [1.165, 1.54) is 0 Å². The summed E-state index contributed by atoms with van der Waals surface area (Å²) in [6.45, 7) is 3.70. The number of anilines is 2. The van der Waals surface area contributed by atoms with Crippen molar-refractivity contribution in [2.45, 2.75) is 31.6 Å². The molecule has 2 aromatic heterocycles. The van der Waals surface area contributed by atoms with Crippen LogP contribution in [0.3, 0.4) is 0 Å². The number of hydrogen-bond donors (Lipinski definition) is 1. The number of carbonyl (C=O) groups is 1. The molecule has 7 nitrogen and oxygen atoms in total. The Balaban J connectivity index is 1.49. The molecular formula is C19H20N6O. The van der Waals surface area contributed by atoms with Gasteiger partial charge < -0.3 is 10.2 Å². The van der Waals surface area contributed by atoms with Gasteiger partial charge in [0.05, 0.1) is 16.8 Å². The Kier molecular flexibility index (Phi) is 3.25. The summed E-state index contributed by atoms with van der Waals surface area (Å²) in [6, 6.07) is 10.2. The molecule has 1 spiro atoms. The van der Waals surface area contributed by atoms with Gasteiger partial charge in [0, 0.05) is 18.8 Å². The molecule has 0 saturated carbocycles. The first kappa shape index (κ1) is 15.3. The molecule has 0 unspecified atom stereocenters. The summed E-state index contributed by atoms with van der Waals surface area (Å²) in [7, 11) is 0. The summed E-state index contributed by atoms with van der Waals surface area (Å²) in [4.78, 5) is 15.1. The van der Waals surface area contributed by atoms with E-state index in [1.807, 2.05) is 18.2 Å². The molecular weight excluding hydrogens is 328 g/mol. The van der Waals surface area contributed by atoms with Crippen LogP contribution < -0.4 is 10.2 Å². The van der Waals surface area contributed by atoms with Crippen molar-refractivity contribution >= 4 is 22.9 Å². The Bertz CT molecular complexity index is 1000. The van der Waals surface area contributed by atoms with Gasteiger partial charge in [-0.25, -0.2) is 0 Å². The van der Waals surface area contributed by atoms with Crippen LogP contribution in [0.2, 0.25) is 0 Å². The molecule has 5 rings (SSSR count). The molecule has 1 saturated heterocycles. The van der Waals surface area contributed by atoms with Crippen molar-refractivity contribution in [3.05, 3.63) is 47.9 Å². The predicted octanol–water partition coefficient (Wildman–Crippen LogP) is 2.18. The Morgan fingerprint density at radius 2 is 2.04 bits per heavy atom. The number of fused-ring (bicyclic) bond motifs is 3. The third-order valence-corrected chi connectivity index (χ3v) is 5.74. The van der Waals surface area contributed by atoms with E-state index in [0.29, 0.717) is 0 Å². The van der Waals surface area contributed by atoms with Gasteiger partial charge in [-0.05, 0) is 37.0 Å². The van der Waals surface area contributed by atoms with Crippen LogP contribution in [0.25, 0.3) is 5.65 Å². The van der Waals surface area contributed by atoms with Crippen molar-refractivity contribution < 1.29 is 4.79 Å². The molecule has 3 aromatic rings. The molecule has 2 aliphatic rings. The van der Waals surface area contributed by atoms with Gasteiger partial charge in [-0.15, -0.1) is 10.2 Å². The number of carbonyl (C=O) groups excluding carboxylic acids is 1. The Hall–Kier alpha value is -2.96. The molecule has 1 amide bonds. The number of hydrogen-bond acceptors (Lipinski definition) is 5. The van der Waals surface area contributed by atoms with Crippen molar-refractivity contribution in [2.24, 2.45) is 0 Å². The molecule has 132 valence electrons. The van der Waals surface area contributed by atoms with Gasteiger partial charge in [0.1, 0.15) is 6.33 Å². The average molecular weight is 348 g/mol. The quantitative estimate of drug-likeness (QED) is 0.768. The first-order valence-electron chi connectivity index (χ1n) is 9.07. The summed E-state index contributed by atoms with van der Waals surface area (Å²) in [6.07, 6.45) is 4.08. The highest BCUT2D eigenvalue weighted by atomic mass is 16.2. The van der Waals surface area contributed by atoms with E-state index < -0.39 is 5.41 Å². The predicted molar refractivity (Wildman–Crippen MR) is 98.4 cm³/mol. The second-order valence-corrected chi connectivity index (χ2v) is 7.04. The fourth-order valence-electron chi connectivity index (χ4n) is 4.27. The maximum atomic E-state index is 12.8. The summed E-state index contributed by atoms with van der Waals surface area (Å²) in [5.41, 5.74) is 4.53. The van der Waals surface area contributed by atoms with Gasteiger partial charge in [-0.3, -0.25) is 4.79 Å². The lowest BCUT2D eigenvalue weighted by Gasteiger charge is -2.39. The molecule has 0 aliphatic carbocycles. The lowest BCUT2D eigenvalue weighted by atomic mass is 9.73. The second-order valence-electron chi connectivity index (χ2n) is 7.04. The number of piperidine rings is 1. The number of aromatic nitrogens is 4. The monoisotopic (exact) mass is 348 g/mol. The Morgan fingerprint density at radius 1 is 1.23 bits per heavy atom. The molecule has 0 bridgehead atoms. The van der Waals surface area contributed by atoms with E-state index in [-0.39, 0.29) is 5.91 Å². The lowest BCUT2D eigenvalue weighted by molar-refractivity contribution is -0.121. The van der Waals surface area contributed by atoms with Crippen molar-refractivity contribution in [1.82, 2.24) is 19.8 Å². The second kappa shape index (κ2) is 5.52. The minimum Gasteiger partial charge on any atom is -0.368 e. The standard InChI is InChI=1S/C19H20N6O/c1-2-13-11-16(17-22-20-12-25(17)23-13)24-9-7-19(8-10-24)14-5-3-4-6-15(14)21-18(19)26/h3-6,11-12H,2,7-10H2,1H3,(H,21,26). The number of nitrogens with zero attached hydrogens (tertiary/aromatic N) is 5. The van der Waals surface area contributed by atoms with Gasteiger partial charge >= 0.3 is 0 Å². The van der Waals surface area contributed by atoms with E-state index in [4.69, 9.17) is 0 Å². The van der Waals surface area contributed by atoms with Crippen LogP contribution in [0, 0.1) is 0 Å². The van der Waals surface area contributed by atoms with Crippen molar-refractivity contribution in [1.29, 1.82) is 0 Å². The van der Waals surface area contributed by atoms with Crippen molar-refractivity contribution in [2.75, 3.05) is 23.3 Å². The number of nitrogens with one attached hydrogen (secondary N) is 1. The molecule has 1 aromatic carbocycles. The fourth-order valence-corrected chi connectivity index (χ4v) is 4.27. The molecule has 0 atom stereocenters. The summed E-state index contributed by atoms with van der Waals surface area (Å²) in [5, 5.41) is 15.8.